The van der Waals surface area contributed by atoms with E-state index in [1.807, 2.05) is 0 Å². The average molecular weight is 614 g/mol. The number of anilines is 3. The minimum atomic E-state index is 0.846. The molecular formula is C47H35N. The van der Waals surface area contributed by atoms with Gasteiger partial charge in [0.15, 0.2) is 0 Å². The lowest BCUT2D eigenvalue weighted by molar-refractivity contribution is 1.29. The number of fused-ring (bicyclic) bond motifs is 2. The summed E-state index contributed by atoms with van der Waals surface area (Å²) in [6.07, 6.45) is 3.18. The highest BCUT2D eigenvalue weighted by Gasteiger charge is 2.15. The van der Waals surface area contributed by atoms with Crippen LogP contribution < -0.4 is 4.90 Å². The van der Waals surface area contributed by atoms with Gasteiger partial charge in [0.1, 0.15) is 0 Å². The van der Waals surface area contributed by atoms with Gasteiger partial charge in [0.2, 0.25) is 0 Å². The van der Waals surface area contributed by atoms with Crippen molar-refractivity contribution in [3.63, 3.8) is 0 Å². The van der Waals surface area contributed by atoms with Crippen molar-refractivity contribution in [2.75, 3.05) is 4.90 Å². The van der Waals surface area contributed by atoms with Crippen molar-refractivity contribution < 1.29 is 0 Å². The third-order valence-electron chi connectivity index (χ3n) is 9.11. The summed E-state index contributed by atoms with van der Waals surface area (Å²) in [5, 5.41) is 5.01. The highest BCUT2D eigenvalue weighted by molar-refractivity contribution is 5.99. The van der Waals surface area contributed by atoms with Crippen LogP contribution in [0.4, 0.5) is 17.1 Å². The zero-order chi connectivity index (χ0) is 32.1. The van der Waals surface area contributed by atoms with Gasteiger partial charge in [-0.25, -0.2) is 0 Å². The van der Waals surface area contributed by atoms with Crippen molar-refractivity contribution >= 4 is 50.3 Å². The first-order valence-corrected chi connectivity index (χ1v) is 16.6. The molecule has 1 nitrogen and oxygen atoms in total. The predicted molar refractivity (Wildman–Crippen MR) is 206 cm³/mol. The Morgan fingerprint density at radius 2 is 0.938 bits per heavy atom. The zero-order valence-corrected chi connectivity index (χ0v) is 26.7. The van der Waals surface area contributed by atoms with Gasteiger partial charge in [0.25, 0.3) is 0 Å². The van der Waals surface area contributed by atoms with E-state index in [9.17, 15) is 0 Å². The SMILES string of the molecule is C(=C(\Cc1ccc(-c2ccc(N(c3ccccc3)c3cccc4ccccc34)cc2)cc1)c1cccc2ccccc12)/c1ccccc1. The lowest BCUT2D eigenvalue weighted by atomic mass is 9.91. The van der Waals surface area contributed by atoms with E-state index >= 15 is 0 Å². The summed E-state index contributed by atoms with van der Waals surface area (Å²) in [6, 6.07) is 69.7. The number of para-hydroxylation sites is 1. The van der Waals surface area contributed by atoms with Gasteiger partial charge in [-0.15, -0.1) is 0 Å². The largest absolute Gasteiger partial charge is 0.310 e. The highest BCUT2D eigenvalue weighted by Crippen LogP contribution is 2.39. The molecule has 48 heavy (non-hydrogen) atoms. The fraction of sp³-hybridized carbons (Fsp3) is 0.0213. The van der Waals surface area contributed by atoms with E-state index in [2.05, 4.69) is 205 Å². The summed E-state index contributed by atoms with van der Waals surface area (Å²) in [6.45, 7) is 0. The van der Waals surface area contributed by atoms with Gasteiger partial charge in [0, 0.05) is 16.8 Å². The smallest absolute Gasteiger partial charge is 0.0540 e. The fourth-order valence-corrected chi connectivity index (χ4v) is 6.73. The molecule has 8 rings (SSSR count). The molecule has 0 unspecified atom stereocenters. The van der Waals surface area contributed by atoms with Crippen molar-refractivity contribution in [1.82, 2.24) is 0 Å². The van der Waals surface area contributed by atoms with E-state index in [4.69, 9.17) is 0 Å². The van der Waals surface area contributed by atoms with E-state index in [0.29, 0.717) is 0 Å². The Hall–Kier alpha value is -6.18. The molecule has 0 aliphatic heterocycles. The molecule has 0 spiro atoms. The molecular weight excluding hydrogens is 579 g/mol. The van der Waals surface area contributed by atoms with Gasteiger partial charge in [-0.3, -0.25) is 0 Å². The number of hydrogen-bond donors (Lipinski definition) is 0. The summed E-state index contributed by atoms with van der Waals surface area (Å²) < 4.78 is 0. The number of allylic oxidation sites excluding steroid dienone is 1. The van der Waals surface area contributed by atoms with E-state index in [0.717, 1.165) is 17.8 Å². The van der Waals surface area contributed by atoms with Gasteiger partial charge in [-0.05, 0) is 86.3 Å². The lowest BCUT2D eigenvalue weighted by Gasteiger charge is -2.27. The highest BCUT2D eigenvalue weighted by atomic mass is 15.1. The fourth-order valence-electron chi connectivity index (χ4n) is 6.73. The second-order valence-corrected chi connectivity index (χ2v) is 12.2. The summed E-state index contributed by atoms with van der Waals surface area (Å²) >= 11 is 0. The minimum absolute atomic E-state index is 0.846. The van der Waals surface area contributed by atoms with Crippen LogP contribution in [-0.2, 0) is 6.42 Å². The predicted octanol–water partition coefficient (Wildman–Crippen LogP) is 12.9. The van der Waals surface area contributed by atoms with Crippen LogP contribution in [0.1, 0.15) is 16.7 Å². The number of hydrogen-bond acceptors (Lipinski definition) is 1. The van der Waals surface area contributed by atoms with Crippen LogP contribution in [0.25, 0.3) is 44.3 Å². The standard InChI is InChI=1S/C47H35N/c1-3-13-35(14-4-1)33-41(45-23-11-17-39-15-7-9-21-44(39)45)34-36-25-27-37(28-26-36)38-29-31-43(32-30-38)48(42-19-5-2-6-20-42)47-24-12-18-40-16-8-10-22-46(40)47/h1-33H,34H2/b41-33-. The molecule has 0 saturated carbocycles. The van der Waals surface area contributed by atoms with Crippen LogP contribution in [0.15, 0.2) is 194 Å². The lowest BCUT2D eigenvalue weighted by Crippen LogP contribution is -2.10. The second-order valence-electron chi connectivity index (χ2n) is 12.2. The molecule has 0 aromatic heterocycles. The Bertz CT molecular complexity index is 2320. The maximum absolute atomic E-state index is 2.35. The Morgan fingerprint density at radius 3 is 1.65 bits per heavy atom. The zero-order valence-electron chi connectivity index (χ0n) is 26.7. The summed E-state index contributed by atoms with van der Waals surface area (Å²) in [4.78, 5) is 2.35. The third-order valence-corrected chi connectivity index (χ3v) is 9.11. The van der Waals surface area contributed by atoms with Crippen LogP contribution in [0, 0.1) is 0 Å². The number of benzene rings is 8. The molecule has 0 fully saturated rings. The first kappa shape index (κ1) is 29.2. The average Bonchev–Trinajstić information content (AvgIpc) is 3.16. The number of rotatable bonds is 8. The topological polar surface area (TPSA) is 3.24 Å². The molecule has 0 N–H and O–H groups in total. The van der Waals surface area contributed by atoms with Crippen LogP contribution in [0.5, 0.6) is 0 Å². The van der Waals surface area contributed by atoms with Gasteiger partial charge < -0.3 is 4.90 Å². The minimum Gasteiger partial charge on any atom is -0.310 e. The molecule has 0 radical (unpaired) electrons. The Balaban J connectivity index is 1.10. The maximum Gasteiger partial charge on any atom is 0.0540 e. The molecule has 228 valence electrons. The molecule has 0 aliphatic carbocycles. The first-order chi connectivity index (χ1) is 23.8. The van der Waals surface area contributed by atoms with E-state index in [1.54, 1.807) is 0 Å². The van der Waals surface area contributed by atoms with Crippen molar-refractivity contribution in [3.8, 4) is 11.1 Å². The summed E-state index contributed by atoms with van der Waals surface area (Å²) in [5.74, 6) is 0. The molecule has 0 aliphatic rings. The molecule has 8 aromatic rings. The van der Waals surface area contributed by atoms with E-state index in [1.165, 1.54) is 60.6 Å². The Labute approximate surface area is 282 Å². The molecule has 0 bridgehead atoms. The van der Waals surface area contributed by atoms with E-state index < -0.39 is 0 Å². The third kappa shape index (κ3) is 6.02. The Morgan fingerprint density at radius 1 is 0.417 bits per heavy atom. The second kappa shape index (κ2) is 13.3. The van der Waals surface area contributed by atoms with Crippen LogP contribution in [0.2, 0.25) is 0 Å². The maximum atomic E-state index is 2.35. The molecule has 8 aromatic carbocycles. The molecule has 0 saturated heterocycles. The monoisotopic (exact) mass is 613 g/mol. The van der Waals surface area contributed by atoms with Crippen molar-refractivity contribution in [2.24, 2.45) is 0 Å². The van der Waals surface area contributed by atoms with Crippen molar-refractivity contribution in [3.05, 3.63) is 211 Å². The van der Waals surface area contributed by atoms with Crippen molar-refractivity contribution in [1.29, 1.82) is 0 Å². The summed E-state index contributed by atoms with van der Waals surface area (Å²) in [5.41, 5.74) is 10.9. The molecule has 0 amide bonds. The van der Waals surface area contributed by atoms with Crippen LogP contribution >= 0.6 is 0 Å². The normalized spacial score (nSPS) is 11.5. The van der Waals surface area contributed by atoms with Crippen LogP contribution in [0.3, 0.4) is 0 Å². The molecule has 0 heterocycles. The first-order valence-electron chi connectivity index (χ1n) is 16.6. The van der Waals surface area contributed by atoms with Crippen LogP contribution in [-0.4, -0.2) is 0 Å². The van der Waals surface area contributed by atoms with Gasteiger partial charge in [-0.1, -0.05) is 170 Å². The van der Waals surface area contributed by atoms with Crippen molar-refractivity contribution in [2.45, 2.75) is 6.42 Å². The van der Waals surface area contributed by atoms with Gasteiger partial charge >= 0.3 is 0 Å². The van der Waals surface area contributed by atoms with Gasteiger partial charge in [-0.2, -0.15) is 0 Å². The molecule has 1 heteroatoms. The number of nitrogens with zero attached hydrogens (tertiary/aromatic N) is 1. The van der Waals surface area contributed by atoms with Gasteiger partial charge in [0.05, 0.1) is 5.69 Å². The molecule has 0 atom stereocenters. The van der Waals surface area contributed by atoms with E-state index in [-0.39, 0.29) is 0 Å². The Kier molecular flexibility index (Phi) is 8.09. The quantitative estimate of drug-likeness (QED) is 0.154. The summed E-state index contributed by atoms with van der Waals surface area (Å²) in [7, 11) is 0.